The number of anilines is 1. The molecule has 4 aliphatic carbocycles. The first kappa shape index (κ1) is 25.2. The van der Waals surface area contributed by atoms with Crippen LogP contribution in [0.1, 0.15) is 77.7 Å². The molecule has 3 fully saturated rings. The maximum absolute atomic E-state index is 12.8. The minimum absolute atomic E-state index is 0.146. The highest BCUT2D eigenvalue weighted by Crippen LogP contribution is 2.66. The molecule has 1 aromatic carbocycles. The molecule has 6 heteroatoms. The second kappa shape index (κ2) is 9.44. The van der Waals surface area contributed by atoms with E-state index in [1.807, 2.05) is 25.1 Å². The van der Waals surface area contributed by atoms with Crippen LogP contribution in [0.3, 0.4) is 0 Å². The smallest absolute Gasteiger partial charge is 0.392 e. The summed E-state index contributed by atoms with van der Waals surface area (Å²) in [6.45, 7) is 6.73. The van der Waals surface area contributed by atoms with Crippen molar-refractivity contribution in [1.82, 2.24) is 0 Å². The largest absolute Gasteiger partial charge is 0.440 e. The normalized spacial score (nSPS) is 35.9. The van der Waals surface area contributed by atoms with Crippen LogP contribution in [0.5, 0.6) is 0 Å². The Kier molecular flexibility index (Phi) is 6.61. The maximum atomic E-state index is 12.8. The molecule has 1 aromatic rings. The summed E-state index contributed by atoms with van der Waals surface area (Å²) in [5, 5.41) is 14.0. The average Bonchev–Trinajstić information content (AvgIpc) is 3.24. The van der Waals surface area contributed by atoms with Gasteiger partial charge >= 0.3 is 6.09 Å². The molecule has 1 amide bonds. The molecule has 1 N–H and O–H groups in total. The number of ketones is 1. The van der Waals surface area contributed by atoms with E-state index in [-0.39, 0.29) is 17.4 Å². The van der Waals surface area contributed by atoms with Gasteiger partial charge in [-0.25, -0.2) is 4.79 Å². The summed E-state index contributed by atoms with van der Waals surface area (Å²) >= 11 is 0. The lowest BCUT2D eigenvalue weighted by molar-refractivity contribution is -0.117. The molecule has 0 bridgehead atoms. The molecule has 0 saturated heterocycles. The van der Waals surface area contributed by atoms with Gasteiger partial charge in [0.2, 0.25) is 0 Å². The van der Waals surface area contributed by atoms with Crippen LogP contribution in [0, 0.1) is 34.5 Å². The molecule has 0 unspecified atom stereocenters. The lowest BCUT2D eigenvalue weighted by atomic mass is 9.46. The van der Waals surface area contributed by atoms with Crippen molar-refractivity contribution in [3.05, 3.63) is 41.5 Å². The number of aliphatic hydroxyl groups is 1. The topological polar surface area (TPSA) is 79.2 Å². The molecule has 0 aliphatic heterocycles. The van der Waals surface area contributed by atoms with E-state index in [2.05, 4.69) is 19.0 Å². The van der Waals surface area contributed by atoms with Gasteiger partial charge < -0.3 is 5.11 Å². The van der Waals surface area contributed by atoms with Gasteiger partial charge in [-0.05, 0) is 92.6 Å². The number of hydrogen-bond donors (Lipinski definition) is 1. The van der Waals surface area contributed by atoms with Gasteiger partial charge in [-0.2, -0.15) is 0 Å². The van der Waals surface area contributed by atoms with Crippen LogP contribution in [-0.2, 0) is 16.2 Å². The van der Waals surface area contributed by atoms with Crippen LogP contribution in [0.25, 0.3) is 0 Å². The summed E-state index contributed by atoms with van der Waals surface area (Å²) in [4.78, 5) is 31.7. The lowest BCUT2D eigenvalue weighted by Gasteiger charge is -2.58. The highest BCUT2D eigenvalue weighted by atomic mass is 16.7. The Hall–Kier alpha value is -2.47. The van der Waals surface area contributed by atoms with Gasteiger partial charge in [0.15, 0.2) is 5.78 Å². The number of aliphatic hydroxyl groups excluding tert-OH is 1. The first-order chi connectivity index (χ1) is 17.2. The monoisotopic (exact) mass is 492 g/mol. The van der Waals surface area contributed by atoms with Gasteiger partial charge in [0.25, 0.3) is 0 Å². The van der Waals surface area contributed by atoms with E-state index in [0.717, 1.165) is 31.4 Å². The van der Waals surface area contributed by atoms with E-state index >= 15 is 0 Å². The second-order valence-electron chi connectivity index (χ2n) is 12.1. The number of fused-ring (bicyclic) bond motifs is 5. The highest BCUT2D eigenvalue weighted by Gasteiger charge is 2.59. The summed E-state index contributed by atoms with van der Waals surface area (Å²) in [5.41, 5.74) is 3.95. The van der Waals surface area contributed by atoms with Crippen LogP contribution in [0.4, 0.5) is 10.5 Å². The van der Waals surface area contributed by atoms with E-state index < -0.39 is 6.09 Å². The molecule has 0 radical (unpaired) electrons. The predicted molar refractivity (Wildman–Crippen MR) is 141 cm³/mol. The Labute approximate surface area is 214 Å². The number of allylic oxidation sites excluding steroid dienone is 1. The number of oxime groups is 1. The van der Waals surface area contributed by atoms with Crippen LogP contribution < -0.4 is 4.90 Å². The van der Waals surface area contributed by atoms with Gasteiger partial charge in [-0.1, -0.05) is 42.8 Å². The molecule has 194 valence electrons. The number of carbonyl (C=O) groups is 2. The summed E-state index contributed by atoms with van der Waals surface area (Å²) in [6.07, 6.45) is 10.0. The Balaban J connectivity index is 1.30. The Morgan fingerprint density at radius 1 is 1.11 bits per heavy atom. The van der Waals surface area contributed by atoms with Crippen molar-refractivity contribution in [2.75, 3.05) is 11.9 Å². The third-order valence-corrected chi connectivity index (χ3v) is 10.5. The van der Waals surface area contributed by atoms with Gasteiger partial charge in [-0.3, -0.25) is 14.5 Å². The van der Waals surface area contributed by atoms with E-state index in [1.165, 1.54) is 29.7 Å². The van der Waals surface area contributed by atoms with Crippen LogP contribution in [0.15, 0.2) is 41.1 Å². The van der Waals surface area contributed by atoms with Crippen molar-refractivity contribution < 1.29 is 19.5 Å². The zero-order valence-corrected chi connectivity index (χ0v) is 22.1. The van der Waals surface area contributed by atoms with Crippen molar-refractivity contribution in [3.63, 3.8) is 0 Å². The fraction of sp³-hybridized carbons (Fsp3) is 0.633. The summed E-state index contributed by atoms with van der Waals surface area (Å²) in [7, 11) is 1.64. The molecular formula is C30H40N2O4. The Bertz CT molecular complexity index is 1110. The average molecular weight is 493 g/mol. The number of benzene rings is 1. The highest BCUT2D eigenvalue weighted by molar-refractivity contribution is 5.92. The van der Waals surface area contributed by atoms with Gasteiger partial charge in [0.05, 0.1) is 18.0 Å². The summed E-state index contributed by atoms with van der Waals surface area (Å²) in [6, 6.07) is 7.25. The van der Waals surface area contributed by atoms with Crippen molar-refractivity contribution >= 4 is 23.3 Å². The second-order valence-corrected chi connectivity index (χ2v) is 12.1. The summed E-state index contributed by atoms with van der Waals surface area (Å²) < 4.78 is 0. The lowest BCUT2D eigenvalue weighted by Crippen LogP contribution is -2.51. The number of nitrogens with zero attached hydrogens (tertiary/aromatic N) is 2. The Morgan fingerprint density at radius 2 is 1.89 bits per heavy atom. The standard InChI is InChI=1S/C30H40N2O4/c1-19(31-36-28(35)32(4)27-8-6-5-7-20(27)18-33)24-11-12-25-23-10-9-21-17-22(34)13-15-29(21,2)26(23)14-16-30(24,25)3/h5-8,17,23-26,33H,9-16,18H2,1-4H3/b31-19+/t23-,24+,25-,26-,29-,30+/m0/s1. The first-order valence-electron chi connectivity index (χ1n) is 13.6. The fourth-order valence-corrected chi connectivity index (χ4v) is 8.55. The maximum Gasteiger partial charge on any atom is 0.440 e. The fourth-order valence-electron chi connectivity index (χ4n) is 8.55. The number of para-hydroxylation sites is 1. The number of hydrogen-bond acceptors (Lipinski definition) is 5. The van der Waals surface area contributed by atoms with Crippen molar-refractivity contribution in [1.29, 1.82) is 0 Å². The molecule has 4 aliphatic rings. The Morgan fingerprint density at radius 3 is 2.67 bits per heavy atom. The molecule has 0 spiro atoms. The van der Waals surface area contributed by atoms with Gasteiger partial charge in [-0.15, -0.1) is 0 Å². The SMILES string of the molecule is C/C(=N\OC(=O)N(C)c1ccccc1CO)[C@H]1CC[C@H]2[C@@H]3CCC4=CC(=O)CC[C@]4(C)[C@H]3CC[C@]12C. The molecule has 6 nitrogen and oxygen atoms in total. The van der Waals surface area contributed by atoms with Gasteiger partial charge in [0.1, 0.15) is 0 Å². The number of carbonyl (C=O) groups excluding carboxylic acids is 2. The van der Waals surface area contributed by atoms with Gasteiger partial charge in [0, 0.05) is 24.9 Å². The minimum atomic E-state index is -0.551. The zero-order valence-electron chi connectivity index (χ0n) is 22.1. The molecule has 3 saturated carbocycles. The molecule has 6 atom stereocenters. The third-order valence-electron chi connectivity index (χ3n) is 10.5. The number of amides is 1. The van der Waals surface area contributed by atoms with Crippen LogP contribution in [0.2, 0.25) is 0 Å². The number of rotatable bonds is 4. The predicted octanol–water partition coefficient (Wildman–Crippen LogP) is 6.28. The molecular weight excluding hydrogens is 452 g/mol. The molecule has 0 heterocycles. The summed E-state index contributed by atoms with van der Waals surface area (Å²) in [5.74, 6) is 2.63. The van der Waals surface area contributed by atoms with Crippen molar-refractivity contribution in [2.45, 2.75) is 78.7 Å². The van der Waals surface area contributed by atoms with Crippen LogP contribution in [-0.4, -0.2) is 29.7 Å². The van der Waals surface area contributed by atoms with Crippen molar-refractivity contribution in [3.8, 4) is 0 Å². The molecule has 5 rings (SSSR count). The zero-order chi connectivity index (χ0) is 25.7. The first-order valence-corrected chi connectivity index (χ1v) is 13.6. The minimum Gasteiger partial charge on any atom is -0.392 e. The van der Waals surface area contributed by atoms with Crippen LogP contribution >= 0.6 is 0 Å². The quantitative estimate of drug-likeness (QED) is 0.305. The van der Waals surface area contributed by atoms with E-state index in [1.54, 1.807) is 19.2 Å². The van der Waals surface area contributed by atoms with E-state index in [4.69, 9.17) is 4.84 Å². The molecule has 36 heavy (non-hydrogen) atoms. The molecule has 0 aromatic heterocycles. The van der Waals surface area contributed by atoms with E-state index in [0.29, 0.717) is 47.1 Å². The van der Waals surface area contributed by atoms with E-state index in [9.17, 15) is 14.7 Å². The third kappa shape index (κ3) is 4.02. The van der Waals surface area contributed by atoms with Crippen molar-refractivity contribution in [2.24, 2.45) is 39.7 Å².